The number of rotatable bonds is 15. The van der Waals surface area contributed by atoms with Crippen molar-refractivity contribution >= 4 is 23.1 Å². The van der Waals surface area contributed by atoms with Gasteiger partial charge in [0.15, 0.2) is 0 Å². The van der Waals surface area contributed by atoms with Crippen molar-refractivity contribution in [3.05, 3.63) is 108 Å². The van der Waals surface area contributed by atoms with Gasteiger partial charge in [0.25, 0.3) is 0 Å². The smallest absolute Gasteiger partial charge is 0.344 e. The van der Waals surface area contributed by atoms with Crippen molar-refractivity contribution < 1.29 is 38.3 Å². The van der Waals surface area contributed by atoms with Crippen LogP contribution in [0.5, 0.6) is 23.0 Å². The topological polar surface area (TPSA) is 89.5 Å². The van der Waals surface area contributed by atoms with Crippen molar-refractivity contribution in [2.75, 3.05) is 26.4 Å². The molecule has 0 fully saturated rings. The first-order valence-electron chi connectivity index (χ1n) is 13.4. The Bertz CT molecular complexity index is 1570. The summed E-state index contributed by atoms with van der Waals surface area (Å²) in [5.74, 6) is 1.19. The molecule has 0 atom stereocenters. The van der Waals surface area contributed by atoms with E-state index in [0.29, 0.717) is 88.6 Å². The van der Waals surface area contributed by atoms with Crippen LogP contribution < -0.4 is 29.4 Å². The zero-order valence-electron chi connectivity index (χ0n) is 22.6. The van der Waals surface area contributed by atoms with Crippen molar-refractivity contribution in [3.63, 3.8) is 0 Å². The largest absolute Gasteiger partial charge is 0.494 e. The molecule has 0 amide bonds. The van der Waals surface area contributed by atoms with E-state index >= 15 is 0 Å². The SMILES string of the molecule is C=CCCCOc1ccc(C2=c3cc4c(cc3OC2=O)=C(c2ccc(OCCCOOCC=C)cc2)C(=O)O4)cc1. The van der Waals surface area contributed by atoms with Crippen LogP contribution in [0.15, 0.2) is 86.0 Å². The molecule has 0 N–H and O–H groups in total. The fourth-order valence-electron chi connectivity index (χ4n) is 4.50. The van der Waals surface area contributed by atoms with Crippen molar-refractivity contribution in [1.82, 2.24) is 0 Å². The second-order valence-corrected chi connectivity index (χ2v) is 9.30. The van der Waals surface area contributed by atoms with Crippen LogP contribution in [-0.2, 0) is 19.4 Å². The van der Waals surface area contributed by atoms with Gasteiger partial charge < -0.3 is 18.9 Å². The Morgan fingerprint density at radius 1 is 0.634 bits per heavy atom. The van der Waals surface area contributed by atoms with Crippen LogP contribution in [0.1, 0.15) is 30.4 Å². The van der Waals surface area contributed by atoms with Crippen molar-refractivity contribution in [3.8, 4) is 23.0 Å². The Kier molecular flexibility index (Phi) is 8.93. The number of esters is 2. The molecular weight excluding hydrogens is 524 g/mol. The van der Waals surface area contributed by atoms with E-state index < -0.39 is 11.9 Å². The zero-order chi connectivity index (χ0) is 28.6. The minimum Gasteiger partial charge on any atom is -0.494 e. The van der Waals surface area contributed by atoms with Crippen LogP contribution in [0.2, 0.25) is 0 Å². The summed E-state index contributed by atoms with van der Waals surface area (Å²) in [6.45, 7) is 9.02. The number of benzene rings is 3. The quantitative estimate of drug-likeness (QED) is 0.0691. The summed E-state index contributed by atoms with van der Waals surface area (Å²) in [7, 11) is 0. The zero-order valence-corrected chi connectivity index (χ0v) is 22.6. The van der Waals surface area contributed by atoms with Gasteiger partial charge in [-0.05, 0) is 60.4 Å². The molecule has 0 saturated heterocycles. The number of hydrogen-bond acceptors (Lipinski definition) is 8. The summed E-state index contributed by atoms with van der Waals surface area (Å²) in [5.41, 5.74) is 2.15. The fourth-order valence-corrected chi connectivity index (χ4v) is 4.50. The summed E-state index contributed by atoms with van der Waals surface area (Å²) in [5, 5.41) is 1.14. The third-order valence-corrected chi connectivity index (χ3v) is 6.45. The molecule has 0 radical (unpaired) electrons. The molecule has 8 nitrogen and oxygen atoms in total. The van der Waals surface area contributed by atoms with Gasteiger partial charge in [-0.2, -0.15) is 0 Å². The molecule has 0 bridgehead atoms. The third kappa shape index (κ3) is 6.40. The second kappa shape index (κ2) is 13.1. The number of ether oxygens (including phenoxy) is 4. The normalized spacial score (nSPS) is 13.4. The van der Waals surface area contributed by atoms with Gasteiger partial charge in [0.05, 0.1) is 31.0 Å². The predicted molar refractivity (Wildman–Crippen MR) is 152 cm³/mol. The van der Waals surface area contributed by atoms with Gasteiger partial charge >= 0.3 is 11.9 Å². The third-order valence-electron chi connectivity index (χ3n) is 6.45. The first-order valence-corrected chi connectivity index (χ1v) is 13.4. The highest BCUT2D eigenvalue weighted by Gasteiger charge is 2.30. The highest BCUT2D eigenvalue weighted by atomic mass is 17.2. The van der Waals surface area contributed by atoms with E-state index in [-0.39, 0.29) is 0 Å². The van der Waals surface area contributed by atoms with Gasteiger partial charge in [0.2, 0.25) is 0 Å². The summed E-state index contributed by atoms with van der Waals surface area (Å²) in [4.78, 5) is 35.6. The lowest BCUT2D eigenvalue weighted by atomic mass is 10.0. The molecular formula is C33H30O8. The van der Waals surface area contributed by atoms with Gasteiger partial charge in [-0.1, -0.05) is 36.4 Å². The number of carbonyl (C=O) groups is 2. The minimum absolute atomic E-state index is 0.332. The van der Waals surface area contributed by atoms with Crippen LogP contribution in [0.4, 0.5) is 0 Å². The summed E-state index contributed by atoms with van der Waals surface area (Å²) < 4.78 is 22.7. The van der Waals surface area contributed by atoms with Crippen molar-refractivity contribution in [2.45, 2.75) is 19.3 Å². The van der Waals surface area contributed by atoms with Crippen molar-refractivity contribution in [1.29, 1.82) is 0 Å². The summed E-state index contributed by atoms with van der Waals surface area (Å²) in [6, 6.07) is 17.8. The van der Waals surface area contributed by atoms with Gasteiger partial charge in [0.1, 0.15) is 29.6 Å². The molecule has 2 heterocycles. The lowest BCUT2D eigenvalue weighted by Crippen LogP contribution is -2.11. The molecule has 0 saturated carbocycles. The van der Waals surface area contributed by atoms with Crippen LogP contribution in [0.3, 0.4) is 0 Å². The predicted octanol–water partition coefficient (Wildman–Crippen LogP) is 4.17. The van der Waals surface area contributed by atoms with E-state index in [1.165, 1.54) is 0 Å². The first kappa shape index (κ1) is 27.9. The van der Waals surface area contributed by atoms with E-state index in [2.05, 4.69) is 13.2 Å². The standard InChI is InChI=1S/C33H30O8/c1-3-5-6-17-36-24-12-8-22(9-13-24)30-26-20-29-27(21-28(26)40-32(30)34)31(33(35)41-29)23-10-14-25(15-11-23)37-18-7-19-39-38-16-4-2/h3-4,8-15,20-21H,1-2,5-7,16-19H2. The summed E-state index contributed by atoms with van der Waals surface area (Å²) in [6.07, 6.45) is 5.87. The molecule has 5 rings (SSSR count). The highest BCUT2D eigenvalue weighted by molar-refractivity contribution is 6.21. The number of fused-ring (bicyclic) bond motifs is 2. The van der Waals surface area contributed by atoms with Crippen LogP contribution in [0, 0.1) is 0 Å². The van der Waals surface area contributed by atoms with Crippen molar-refractivity contribution in [2.24, 2.45) is 0 Å². The van der Waals surface area contributed by atoms with E-state index in [1.54, 1.807) is 42.5 Å². The van der Waals surface area contributed by atoms with Crippen LogP contribution in [0.25, 0.3) is 11.1 Å². The molecule has 210 valence electrons. The Morgan fingerprint density at radius 2 is 1.15 bits per heavy atom. The maximum atomic E-state index is 12.9. The van der Waals surface area contributed by atoms with Crippen LogP contribution >= 0.6 is 0 Å². The molecule has 41 heavy (non-hydrogen) atoms. The minimum atomic E-state index is -0.472. The molecule has 0 aromatic heterocycles. The Labute approximate surface area is 237 Å². The van der Waals surface area contributed by atoms with Gasteiger partial charge in [-0.25, -0.2) is 19.4 Å². The lowest BCUT2D eigenvalue weighted by Gasteiger charge is -2.07. The van der Waals surface area contributed by atoms with Crippen LogP contribution in [-0.4, -0.2) is 38.4 Å². The number of carbonyl (C=O) groups excluding carboxylic acids is 2. The highest BCUT2D eigenvalue weighted by Crippen LogP contribution is 2.28. The monoisotopic (exact) mass is 554 g/mol. The fraction of sp³-hybridized carbons (Fsp3) is 0.212. The van der Waals surface area contributed by atoms with Gasteiger partial charge in [-0.3, -0.25) is 0 Å². The Morgan fingerprint density at radius 3 is 1.63 bits per heavy atom. The van der Waals surface area contributed by atoms with Gasteiger partial charge in [0, 0.05) is 16.9 Å². The van der Waals surface area contributed by atoms with Gasteiger partial charge in [-0.15, -0.1) is 13.2 Å². The molecule has 0 spiro atoms. The lowest BCUT2D eigenvalue weighted by molar-refractivity contribution is -0.287. The average molecular weight is 555 g/mol. The molecule has 3 aromatic rings. The maximum Gasteiger partial charge on any atom is 0.344 e. The molecule has 8 heteroatoms. The Hall–Kier alpha value is -4.66. The van der Waals surface area contributed by atoms with E-state index in [9.17, 15) is 9.59 Å². The molecule has 2 aliphatic rings. The molecule has 0 unspecified atom stereocenters. The average Bonchev–Trinajstić information content (AvgIpc) is 3.48. The maximum absolute atomic E-state index is 12.9. The van der Waals surface area contributed by atoms with E-state index in [1.807, 2.05) is 30.3 Å². The van der Waals surface area contributed by atoms with E-state index in [0.717, 1.165) is 12.8 Å². The summed E-state index contributed by atoms with van der Waals surface area (Å²) >= 11 is 0. The molecule has 2 aliphatic heterocycles. The first-order chi connectivity index (χ1) is 20.1. The second-order valence-electron chi connectivity index (χ2n) is 9.30. The number of allylic oxidation sites excluding steroid dienone is 1. The molecule has 3 aromatic carbocycles. The molecule has 0 aliphatic carbocycles. The Balaban J connectivity index is 1.34. The number of hydrogen-bond donors (Lipinski definition) is 0. The van der Waals surface area contributed by atoms with E-state index in [4.69, 9.17) is 28.7 Å². The number of unbranched alkanes of at least 4 members (excludes halogenated alkanes) is 1.